The highest BCUT2D eigenvalue weighted by molar-refractivity contribution is 8.00. The van der Waals surface area contributed by atoms with Crippen LogP contribution in [0.5, 0.6) is 5.75 Å². The largest absolute Gasteiger partial charge is 0.507 e. The zero-order valence-electron chi connectivity index (χ0n) is 25.7. The van der Waals surface area contributed by atoms with Gasteiger partial charge < -0.3 is 26.2 Å². The van der Waals surface area contributed by atoms with Crippen LogP contribution in [0.4, 0.5) is 11.4 Å². The van der Waals surface area contributed by atoms with E-state index in [9.17, 15) is 29.4 Å². The minimum absolute atomic E-state index is 0.0485. The van der Waals surface area contributed by atoms with E-state index in [-0.39, 0.29) is 16.9 Å². The smallest absolute Gasteiger partial charge is 0.339 e. The number of carboxylic acid groups (broad SMARTS) is 1. The van der Waals surface area contributed by atoms with Gasteiger partial charge >= 0.3 is 5.97 Å². The fourth-order valence-electron chi connectivity index (χ4n) is 4.72. The summed E-state index contributed by atoms with van der Waals surface area (Å²) in [5.41, 5.74) is 3.14. The third kappa shape index (κ3) is 8.56. The Morgan fingerprint density at radius 1 is 0.729 bits per heavy atom. The number of benzene rings is 5. The van der Waals surface area contributed by atoms with Gasteiger partial charge in [-0.3, -0.25) is 14.4 Å². The van der Waals surface area contributed by atoms with Gasteiger partial charge in [-0.25, -0.2) is 4.79 Å². The zero-order chi connectivity index (χ0) is 34.0. The van der Waals surface area contributed by atoms with Crippen molar-refractivity contribution >= 4 is 52.9 Å². The van der Waals surface area contributed by atoms with Crippen LogP contribution in [0.25, 0.3) is 6.08 Å². The summed E-state index contributed by atoms with van der Waals surface area (Å²) in [6.45, 7) is 1.91. The maximum absolute atomic E-state index is 13.6. The Morgan fingerprint density at radius 2 is 1.40 bits per heavy atom. The van der Waals surface area contributed by atoms with Gasteiger partial charge in [-0.15, -0.1) is 11.8 Å². The van der Waals surface area contributed by atoms with Crippen LogP contribution in [0, 0.1) is 6.92 Å². The number of thioether (sulfide) groups is 1. The first-order chi connectivity index (χ1) is 23.2. The van der Waals surface area contributed by atoms with E-state index >= 15 is 0 Å². The van der Waals surface area contributed by atoms with E-state index in [1.54, 1.807) is 72.8 Å². The molecule has 0 radical (unpaired) electrons. The SMILES string of the molecule is Cc1ccccc1/C=C(\NC(=O)c1ccccc1)C(=O)Nc1cccc(SC(C(=O)Nc2ccc(O)c(C(=O)O)c2)c2ccccc2)c1. The van der Waals surface area contributed by atoms with Crippen LogP contribution < -0.4 is 16.0 Å². The van der Waals surface area contributed by atoms with E-state index in [1.165, 1.54) is 30.0 Å². The van der Waals surface area contributed by atoms with Crippen LogP contribution >= 0.6 is 11.8 Å². The van der Waals surface area contributed by atoms with E-state index in [0.717, 1.165) is 11.1 Å². The zero-order valence-corrected chi connectivity index (χ0v) is 26.5. The van der Waals surface area contributed by atoms with E-state index in [1.807, 2.05) is 49.4 Å². The summed E-state index contributed by atoms with van der Waals surface area (Å²) in [4.78, 5) is 52.4. The molecular weight excluding hydrogens is 627 g/mol. The molecule has 0 saturated carbocycles. The molecule has 10 heteroatoms. The second kappa shape index (κ2) is 15.4. The molecule has 0 bridgehead atoms. The lowest BCUT2D eigenvalue weighted by Gasteiger charge is -2.18. The minimum atomic E-state index is -1.33. The van der Waals surface area contributed by atoms with Crippen molar-refractivity contribution in [1.82, 2.24) is 5.32 Å². The van der Waals surface area contributed by atoms with E-state index in [2.05, 4.69) is 16.0 Å². The van der Waals surface area contributed by atoms with Gasteiger partial charge in [0.05, 0.1) is 0 Å². The predicted octanol–water partition coefficient (Wildman–Crippen LogP) is 7.28. The first-order valence-electron chi connectivity index (χ1n) is 14.8. The van der Waals surface area contributed by atoms with Crippen LogP contribution in [-0.2, 0) is 9.59 Å². The van der Waals surface area contributed by atoms with Gasteiger partial charge in [0.15, 0.2) is 0 Å². The van der Waals surface area contributed by atoms with Crippen molar-refractivity contribution in [2.45, 2.75) is 17.1 Å². The van der Waals surface area contributed by atoms with Crippen molar-refractivity contribution in [3.63, 3.8) is 0 Å². The van der Waals surface area contributed by atoms with E-state index in [0.29, 0.717) is 21.7 Å². The number of amides is 3. The Labute approximate surface area is 281 Å². The Bertz CT molecular complexity index is 2000. The number of nitrogens with one attached hydrogen (secondary N) is 3. The van der Waals surface area contributed by atoms with Crippen LogP contribution in [0.15, 0.2) is 138 Å². The summed E-state index contributed by atoms with van der Waals surface area (Å²) in [5.74, 6) is -3.13. The van der Waals surface area contributed by atoms with Crippen molar-refractivity contribution in [3.8, 4) is 5.75 Å². The predicted molar refractivity (Wildman–Crippen MR) is 187 cm³/mol. The maximum Gasteiger partial charge on any atom is 0.339 e. The number of carbonyl (C=O) groups is 4. The highest BCUT2D eigenvalue weighted by Gasteiger charge is 2.24. The lowest BCUT2D eigenvalue weighted by molar-refractivity contribution is -0.116. The van der Waals surface area contributed by atoms with E-state index in [4.69, 9.17) is 0 Å². The van der Waals surface area contributed by atoms with Crippen LogP contribution in [0.3, 0.4) is 0 Å². The fourth-order valence-corrected chi connectivity index (χ4v) is 5.81. The van der Waals surface area contributed by atoms with Gasteiger partial charge in [0, 0.05) is 21.8 Å². The summed E-state index contributed by atoms with van der Waals surface area (Å²) >= 11 is 1.23. The molecular formula is C38H31N3O6S. The van der Waals surface area contributed by atoms with Crippen molar-refractivity contribution in [1.29, 1.82) is 0 Å². The number of aryl methyl sites for hydroxylation is 1. The number of carboxylic acids is 1. The number of rotatable bonds is 11. The number of aromatic hydroxyl groups is 1. The molecule has 1 unspecified atom stereocenters. The molecule has 0 aliphatic rings. The molecule has 240 valence electrons. The maximum atomic E-state index is 13.6. The molecule has 0 aliphatic carbocycles. The van der Waals surface area contributed by atoms with Crippen LogP contribution in [0.1, 0.15) is 42.7 Å². The van der Waals surface area contributed by atoms with Gasteiger partial charge in [0.25, 0.3) is 11.8 Å². The topological polar surface area (TPSA) is 145 Å². The quantitative estimate of drug-likeness (QED) is 0.0570. The second-order valence-corrected chi connectivity index (χ2v) is 11.8. The summed E-state index contributed by atoms with van der Waals surface area (Å²) in [6.07, 6.45) is 1.62. The molecule has 5 aromatic carbocycles. The number of carbonyl (C=O) groups excluding carboxylic acids is 3. The number of aromatic carboxylic acids is 1. The Kier molecular flexibility index (Phi) is 10.7. The molecule has 1 atom stereocenters. The first kappa shape index (κ1) is 33.2. The molecule has 0 saturated heterocycles. The molecule has 0 spiro atoms. The third-order valence-corrected chi connectivity index (χ3v) is 8.45. The Balaban J connectivity index is 1.39. The molecule has 0 aromatic heterocycles. The number of hydrogen-bond acceptors (Lipinski definition) is 6. The molecule has 0 aliphatic heterocycles. The average Bonchev–Trinajstić information content (AvgIpc) is 3.09. The summed E-state index contributed by atoms with van der Waals surface area (Å²) in [6, 6.07) is 35.9. The molecule has 0 fully saturated rings. The number of anilines is 2. The average molecular weight is 658 g/mol. The minimum Gasteiger partial charge on any atom is -0.507 e. The number of phenols is 1. The number of hydrogen-bond donors (Lipinski definition) is 5. The summed E-state index contributed by atoms with van der Waals surface area (Å²) in [5, 5.41) is 26.9. The molecule has 48 heavy (non-hydrogen) atoms. The van der Waals surface area contributed by atoms with Crippen molar-refractivity contribution in [3.05, 3.63) is 161 Å². The van der Waals surface area contributed by atoms with Gasteiger partial charge in [0.2, 0.25) is 5.91 Å². The molecule has 0 heterocycles. The third-order valence-electron chi connectivity index (χ3n) is 7.20. The summed E-state index contributed by atoms with van der Waals surface area (Å²) in [7, 11) is 0. The molecule has 5 rings (SSSR count). The van der Waals surface area contributed by atoms with Gasteiger partial charge in [0.1, 0.15) is 22.3 Å². The van der Waals surface area contributed by atoms with Crippen LogP contribution in [-0.4, -0.2) is 33.9 Å². The highest BCUT2D eigenvalue weighted by atomic mass is 32.2. The molecule has 5 aromatic rings. The monoisotopic (exact) mass is 657 g/mol. The Morgan fingerprint density at radius 3 is 2.10 bits per heavy atom. The molecule has 3 amide bonds. The van der Waals surface area contributed by atoms with Gasteiger partial charge in [-0.2, -0.15) is 0 Å². The van der Waals surface area contributed by atoms with Crippen LogP contribution in [0.2, 0.25) is 0 Å². The lowest BCUT2D eigenvalue weighted by Crippen LogP contribution is -2.30. The Hall–Kier alpha value is -6.13. The van der Waals surface area contributed by atoms with Gasteiger partial charge in [-0.05, 0) is 78.2 Å². The molecule has 5 N–H and O–H groups in total. The van der Waals surface area contributed by atoms with Crippen molar-refractivity contribution in [2.24, 2.45) is 0 Å². The van der Waals surface area contributed by atoms with E-state index < -0.39 is 34.7 Å². The van der Waals surface area contributed by atoms with Gasteiger partial charge in [-0.1, -0.05) is 78.9 Å². The highest BCUT2D eigenvalue weighted by Crippen LogP contribution is 2.37. The lowest BCUT2D eigenvalue weighted by atomic mass is 10.1. The normalized spacial score (nSPS) is 11.6. The van der Waals surface area contributed by atoms with Crippen molar-refractivity contribution in [2.75, 3.05) is 10.6 Å². The fraction of sp³-hybridized carbons (Fsp3) is 0.0526. The second-order valence-electron chi connectivity index (χ2n) is 10.7. The standard InChI is InChI=1S/C38H31N3O6S/c1-24-11-8-9-16-27(24)21-32(41-35(43)26-14-6-3-7-15-26)36(44)39-28-17-10-18-30(22-28)48-34(25-12-4-2-5-13-25)37(45)40-29-19-20-33(42)31(23-29)38(46)47/h2-23,34,42H,1H3,(H,39,44)(H,40,45)(H,41,43)(H,46,47)/b32-21-. The first-order valence-corrected chi connectivity index (χ1v) is 15.7. The van der Waals surface area contributed by atoms with Crippen molar-refractivity contribution < 1.29 is 29.4 Å². The summed E-state index contributed by atoms with van der Waals surface area (Å²) < 4.78 is 0. The molecule has 9 nitrogen and oxygen atoms in total.